The Labute approximate surface area is 135 Å². The third-order valence-corrected chi connectivity index (χ3v) is 4.41. The Bertz CT molecular complexity index is 784. The summed E-state index contributed by atoms with van der Waals surface area (Å²) in [5.41, 5.74) is 0.632. The minimum Gasteiger partial charge on any atom is -0.495 e. The highest BCUT2D eigenvalue weighted by molar-refractivity contribution is 7.92. The number of hydrogen-bond donors (Lipinski definition) is 1. The zero-order chi connectivity index (χ0) is 16.9. The van der Waals surface area contributed by atoms with Crippen LogP contribution in [-0.2, 0) is 14.8 Å². The molecule has 0 aliphatic rings. The second-order valence-electron chi connectivity index (χ2n) is 4.55. The summed E-state index contributed by atoms with van der Waals surface area (Å²) in [5, 5.41) is 0. The van der Waals surface area contributed by atoms with Gasteiger partial charge in [0.25, 0.3) is 10.0 Å². The van der Waals surface area contributed by atoms with Crippen LogP contribution in [0, 0.1) is 0 Å². The van der Waals surface area contributed by atoms with E-state index in [0.29, 0.717) is 17.0 Å². The fourth-order valence-corrected chi connectivity index (χ4v) is 2.99. The standard InChI is InChI=1S/C16H17NO5S/c1-3-22-16(18)12-8-10-13(11-9-12)23(19,20)17-14-6-4-5-7-15(14)21-2/h4-11,17H,3H2,1-2H3. The lowest BCUT2D eigenvalue weighted by Gasteiger charge is -2.11. The van der Waals surface area contributed by atoms with Gasteiger partial charge in [-0.3, -0.25) is 4.72 Å². The number of ether oxygens (including phenoxy) is 2. The first-order chi connectivity index (χ1) is 11.0. The molecule has 0 atom stereocenters. The molecule has 1 N–H and O–H groups in total. The Balaban J connectivity index is 2.24. The number of benzene rings is 2. The van der Waals surface area contributed by atoms with Gasteiger partial charge in [-0.2, -0.15) is 0 Å². The van der Waals surface area contributed by atoms with Crippen LogP contribution in [0.1, 0.15) is 17.3 Å². The molecule has 0 unspecified atom stereocenters. The van der Waals surface area contributed by atoms with E-state index in [1.54, 1.807) is 31.2 Å². The van der Waals surface area contributed by atoms with Gasteiger partial charge in [0.05, 0.1) is 29.9 Å². The molecule has 0 saturated heterocycles. The van der Waals surface area contributed by atoms with Crippen LogP contribution in [0.2, 0.25) is 0 Å². The van der Waals surface area contributed by atoms with Crippen molar-refractivity contribution >= 4 is 21.7 Å². The Morgan fingerprint density at radius 1 is 1.09 bits per heavy atom. The van der Waals surface area contributed by atoms with Crippen LogP contribution in [0.5, 0.6) is 5.75 Å². The predicted octanol–water partition coefficient (Wildman–Crippen LogP) is 2.67. The molecule has 0 aliphatic carbocycles. The molecule has 122 valence electrons. The van der Waals surface area contributed by atoms with Gasteiger partial charge in [-0.05, 0) is 43.3 Å². The van der Waals surface area contributed by atoms with Gasteiger partial charge >= 0.3 is 5.97 Å². The number of carbonyl (C=O) groups excluding carboxylic acids is 1. The smallest absolute Gasteiger partial charge is 0.338 e. The van der Waals surface area contributed by atoms with Crippen molar-refractivity contribution in [3.05, 3.63) is 54.1 Å². The van der Waals surface area contributed by atoms with Crippen LogP contribution in [-0.4, -0.2) is 28.1 Å². The summed E-state index contributed by atoms with van der Waals surface area (Å²) in [6, 6.07) is 12.2. The van der Waals surface area contributed by atoms with Gasteiger partial charge in [0, 0.05) is 0 Å². The van der Waals surface area contributed by atoms with Crippen molar-refractivity contribution < 1.29 is 22.7 Å². The van der Waals surface area contributed by atoms with Crippen molar-refractivity contribution in [3.8, 4) is 5.75 Å². The molecule has 0 aliphatic heterocycles. The van der Waals surface area contributed by atoms with E-state index >= 15 is 0 Å². The van der Waals surface area contributed by atoms with E-state index in [-0.39, 0.29) is 11.5 Å². The minimum atomic E-state index is -3.78. The van der Waals surface area contributed by atoms with E-state index in [4.69, 9.17) is 9.47 Å². The van der Waals surface area contributed by atoms with Gasteiger partial charge in [-0.1, -0.05) is 12.1 Å². The molecule has 23 heavy (non-hydrogen) atoms. The monoisotopic (exact) mass is 335 g/mol. The van der Waals surface area contributed by atoms with Gasteiger partial charge in [-0.15, -0.1) is 0 Å². The van der Waals surface area contributed by atoms with Crippen LogP contribution < -0.4 is 9.46 Å². The third kappa shape index (κ3) is 4.01. The molecule has 0 aromatic heterocycles. The fraction of sp³-hybridized carbons (Fsp3) is 0.188. The maximum absolute atomic E-state index is 12.4. The first-order valence-corrected chi connectivity index (χ1v) is 8.39. The number of anilines is 1. The highest BCUT2D eigenvalue weighted by Gasteiger charge is 2.17. The van der Waals surface area contributed by atoms with E-state index in [9.17, 15) is 13.2 Å². The van der Waals surface area contributed by atoms with Crippen LogP contribution in [0.25, 0.3) is 0 Å². The molecule has 6 nitrogen and oxygen atoms in total. The SMILES string of the molecule is CCOC(=O)c1ccc(S(=O)(=O)Nc2ccccc2OC)cc1. The van der Waals surface area contributed by atoms with Crippen LogP contribution in [0.15, 0.2) is 53.4 Å². The molecule has 2 rings (SSSR count). The fourth-order valence-electron chi connectivity index (χ4n) is 1.92. The van der Waals surface area contributed by atoms with Crippen LogP contribution in [0.4, 0.5) is 5.69 Å². The summed E-state index contributed by atoms with van der Waals surface area (Å²) >= 11 is 0. The molecule has 0 saturated carbocycles. The summed E-state index contributed by atoms with van der Waals surface area (Å²) in [6.45, 7) is 1.96. The number of esters is 1. The molecule has 0 spiro atoms. The second-order valence-corrected chi connectivity index (χ2v) is 6.23. The maximum Gasteiger partial charge on any atom is 0.338 e. The normalized spacial score (nSPS) is 10.9. The summed E-state index contributed by atoms with van der Waals surface area (Å²) in [5.74, 6) is -0.0756. The quantitative estimate of drug-likeness (QED) is 0.821. The van der Waals surface area contributed by atoms with Gasteiger partial charge < -0.3 is 9.47 Å². The Morgan fingerprint density at radius 3 is 2.35 bits per heavy atom. The van der Waals surface area contributed by atoms with Crippen molar-refractivity contribution in [1.29, 1.82) is 0 Å². The number of hydrogen-bond acceptors (Lipinski definition) is 5. The Hall–Kier alpha value is -2.54. The number of sulfonamides is 1. The lowest BCUT2D eigenvalue weighted by Crippen LogP contribution is -2.14. The number of methoxy groups -OCH3 is 1. The highest BCUT2D eigenvalue weighted by atomic mass is 32.2. The highest BCUT2D eigenvalue weighted by Crippen LogP contribution is 2.26. The number of para-hydroxylation sites is 2. The first kappa shape index (κ1) is 16.8. The molecule has 2 aromatic rings. The largest absolute Gasteiger partial charge is 0.495 e. The average molecular weight is 335 g/mol. The summed E-state index contributed by atoms with van der Waals surface area (Å²) in [6.07, 6.45) is 0. The number of carbonyl (C=O) groups is 1. The molecule has 0 amide bonds. The van der Waals surface area contributed by atoms with E-state index in [0.717, 1.165) is 0 Å². The summed E-state index contributed by atoms with van der Waals surface area (Å²) in [4.78, 5) is 11.6. The predicted molar refractivity (Wildman–Crippen MR) is 86.2 cm³/mol. The molecule has 2 aromatic carbocycles. The van der Waals surface area contributed by atoms with Crippen molar-refractivity contribution in [2.75, 3.05) is 18.4 Å². The van der Waals surface area contributed by atoms with E-state index in [2.05, 4.69) is 4.72 Å². The zero-order valence-electron chi connectivity index (χ0n) is 12.8. The van der Waals surface area contributed by atoms with Gasteiger partial charge in [-0.25, -0.2) is 13.2 Å². The molecule has 0 radical (unpaired) electrons. The minimum absolute atomic E-state index is 0.0384. The molecule has 7 heteroatoms. The Kier molecular flexibility index (Phi) is 5.23. The second kappa shape index (κ2) is 7.15. The molecular formula is C16H17NO5S. The third-order valence-electron chi connectivity index (χ3n) is 3.03. The van der Waals surface area contributed by atoms with E-state index < -0.39 is 16.0 Å². The van der Waals surface area contributed by atoms with Crippen molar-refractivity contribution in [3.63, 3.8) is 0 Å². The topological polar surface area (TPSA) is 81.7 Å². The lowest BCUT2D eigenvalue weighted by molar-refractivity contribution is 0.0526. The lowest BCUT2D eigenvalue weighted by atomic mass is 10.2. The number of rotatable bonds is 6. The molecule has 0 bridgehead atoms. The molecule has 0 fully saturated rings. The summed E-state index contributed by atoms with van der Waals surface area (Å²) in [7, 11) is -2.32. The maximum atomic E-state index is 12.4. The zero-order valence-corrected chi connectivity index (χ0v) is 13.6. The van der Waals surface area contributed by atoms with Crippen LogP contribution >= 0.6 is 0 Å². The average Bonchev–Trinajstić information content (AvgIpc) is 2.55. The van der Waals surface area contributed by atoms with Crippen molar-refractivity contribution in [2.45, 2.75) is 11.8 Å². The molecular weight excluding hydrogens is 318 g/mol. The van der Waals surface area contributed by atoms with E-state index in [1.165, 1.54) is 31.4 Å². The van der Waals surface area contributed by atoms with Crippen molar-refractivity contribution in [1.82, 2.24) is 0 Å². The summed E-state index contributed by atoms with van der Waals surface area (Å²) < 4.78 is 37.2. The van der Waals surface area contributed by atoms with Gasteiger partial charge in [0.2, 0.25) is 0 Å². The molecule has 0 heterocycles. The van der Waals surface area contributed by atoms with Gasteiger partial charge in [0.15, 0.2) is 0 Å². The van der Waals surface area contributed by atoms with Gasteiger partial charge in [0.1, 0.15) is 5.75 Å². The van der Waals surface area contributed by atoms with Crippen molar-refractivity contribution in [2.24, 2.45) is 0 Å². The van der Waals surface area contributed by atoms with E-state index in [1.807, 2.05) is 0 Å². The van der Waals surface area contributed by atoms with Crippen LogP contribution in [0.3, 0.4) is 0 Å². The first-order valence-electron chi connectivity index (χ1n) is 6.91. The number of nitrogens with one attached hydrogen (secondary N) is 1. The Morgan fingerprint density at radius 2 is 1.74 bits per heavy atom.